The maximum atomic E-state index is 7.29. The van der Waals surface area contributed by atoms with Crippen LogP contribution >= 0.6 is 0 Å². The second kappa shape index (κ2) is 7.55. The SMILES string of the molecule is CC(Oc1c(C23CC4CC(CC(C4)C2)C3)ccc(C(C)(C)C)c1C12CC3CC(CC(C3)C1)C2)C1CO1. The molecule has 8 aliphatic carbocycles. The Balaban J connectivity index is 1.34. The predicted molar refractivity (Wildman–Crippen MR) is 145 cm³/mol. The van der Waals surface area contributed by atoms with Gasteiger partial charge in [0, 0.05) is 16.5 Å². The van der Waals surface area contributed by atoms with Crippen molar-refractivity contribution >= 4 is 0 Å². The third-order valence-corrected chi connectivity index (χ3v) is 12.3. The highest BCUT2D eigenvalue weighted by atomic mass is 16.6. The average Bonchev–Trinajstić information content (AvgIpc) is 3.62. The molecule has 9 fully saturated rings. The Morgan fingerprint density at radius 1 is 0.750 bits per heavy atom. The monoisotopic (exact) mass is 488 g/mol. The first-order valence-electron chi connectivity index (χ1n) is 15.7. The van der Waals surface area contributed by atoms with Gasteiger partial charge < -0.3 is 9.47 Å². The van der Waals surface area contributed by atoms with Crippen LogP contribution < -0.4 is 4.74 Å². The molecule has 196 valence electrons. The fourth-order valence-corrected chi connectivity index (χ4v) is 11.7. The normalized spacial score (nSPS) is 46.8. The second-order valence-electron chi connectivity index (χ2n) is 16.2. The van der Waals surface area contributed by atoms with Crippen molar-refractivity contribution in [2.75, 3.05) is 6.61 Å². The summed E-state index contributed by atoms with van der Waals surface area (Å²) < 4.78 is 13.1. The molecule has 10 rings (SSSR count). The second-order valence-corrected chi connectivity index (χ2v) is 16.2. The highest BCUT2D eigenvalue weighted by molar-refractivity contribution is 5.57. The molecule has 9 aliphatic rings. The van der Waals surface area contributed by atoms with Crippen molar-refractivity contribution < 1.29 is 9.47 Å². The van der Waals surface area contributed by atoms with Gasteiger partial charge in [-0.25, -0.2) is 0 Å². The van der Waals surface area contributed by atoms with Crippen LogP contribution in [0.1, 0.15) is 121 Å². The van der Waals surface area contributed by atoms with E-state index >= 15 is 0 Å². The van der Waals surface area contributed by atoms with Gasteiger partial charge in [0.2, 0.25) is 0 Å². The highest BCUT2D eigenvalue weighted by Gasteiger charge is 2.57. The van der Waals surface area contributed by atoms with Crippen LogP contribution in [0.2, 0.25) is 0 Å². The molecule has 1 heterocycles. The van der Waals surface area contributed by atoms with Gasteiger partial charge in [-0.3, -0.25) is 0 Å². The number of rotatable bonds is 5. The first-order valence-corrected chi connectivity index (χ1v) is 15.7. The zero-order valence-corrected chi connectivity index (χ0v) is 23.3. The van der Waals surface area contributed by atoms with E-state index in [1.54, 1.807) is 16.7 Å². The molecule has 0 N–H and O–H groups in total. The fraction of sp³-hybridized carbons (Fsp3) is 0.824. The Morgan fingerprint density at radius 3 is 1.61 bits per heavy atom. The van der Waals surface area contributed by atoms with Gasteiger partial charge in [-0.15, -0.1) is 0 Å². The molecular formula is C34H48O2. The summed E-state index contributed by atoms with van der Waals surface area (Å²) >= 11 is 0. The number of epoxide rings is 1. The minimum atomic E-state index is 0.135. The van der Waals surface area contributed by atoms with Crippen molar-refractivity contribution in [1.82, 2.24) is 0 Å². The Morgan fingerprint density at radius 2 is 1.19 bits per heavy atom. The molecule has 0 spiro atoms. The summed E-state index contributed by atoms with van der Waals surface area (Å²) in [6, 6.07) is 5.19. The molecule has 1 saturated heterocycles. The minimum absolute atomic E-state index is 0.135. The number of ether oxygens (including phenoxy) is 2. The van der Waals surface area contributed by atoms with Crippen LogP contribution in [0.15, 0.2) is 12.1 Å². The fourth-order valence-electron chi connectivity index (χ4n) is 11.7. The van der Waals surface area contributed by atoms with Crippen LogP contribution in [-0.2, 0) is 21.0 Å². The van der Waals surface area contributed by atoms with Crippen molar-refractivity contribution in [3.8, 4) is 5.75 Å². The van der Waals surface area contributed by atoms with Gasteiger partial charge in [0.15, 0.2) is 0 Å². The Labute approximate surface area is 219 Å². The Bertz CT molecular complexity index is 985. The summed E-state index contributed by atoms with van der Waals surface area (Å²) in [7, 11) is 0. The number of hydrogen-bond donors (Lipinski definition) is 0. The van der Waals surface area contributed by atoms with Crippen molar-refractivity contribution in [3.63, 3.8) is 0 Å². The van der Waals surface area contributed by atoms with Gasteiger partial charge in [-0.1, -0.05) is 32.9 Å². The van der Waals surface area contributed by atoms with E-state index in [0.29, 0.717) is 10.8 Å². The van der Waals surface area contributed by atoms with Gasteiger partial charge in [0.25, 0.3) is 0 Å². The third-order valence-electron chi connectivity index (χ3n) is 12.3. The minimum Gasteiger partial charge on any atom is -0.487 e. The van der Waals surface area contributed by atoms with E-state index in [0.717, 1.165) is 42.1 Å². The molecular weight excluding hydrogens is 440 g/mol. The lowest BCUT2D eigenvalue weighted by Gasteiger charge is -2.59. The lowest BCUT2D eigenvalue weighted by Crippen LogP contribution is -2.51. The lowest BCUT2D eigenvalue weighted by molar-refractivity contribution is -0.0124. The standard InChI is InChI=1S/C34H48O2/c1-20(29-19-35-29)36-31-28(33-13-21-7-22(14-33)9-23(8-21)15-33)6-5-27(32(2,3)4)30(31)34-16-24-10-25(17-34)12-26(11-24)18-34/h5-6,20-26,29H,7-19H2,1-4H3. The van der Waals surface area contributed by atoms with Crippen LogP contribution in [-0.4, -0.2) is 18.8 Å². The average molecular weight is 489 g/mol. The Kier molecular flexibility index (Phi) is 4.80. The molecule has 2 nitrogen and oxygen atoms in total. The lowest BCUT2D eigenvalue weighted by atomic mass is 9.45. The van der Waals surface area contributed by atoms with Crippen LogP contribution in [0.5, 0.6) is 5.75 Å². The molecule has 0 aromatic heterocycles. The van der Waals surface area contributed by atoms with Crippen molar-refractivity contribution in [2.45, 2.75) is 133 Å². The van der Waals surface area contributed by atoms with E-state index in [1.165, 1.54) is 82.8 Å². The summed E-state index contributed by atoms with van der Waals surface area (Å²) in [6.07, 6.45) is 17.9. The topological polar surface area (TPSA) is 21.8 Å². The molecule has 2 atom stereocenters. The van der Waals surface area contributed by atoms with E-state index in [1.807, 2.05) is 0 Å². The summed E-state index contributed by atoms with van der Waals surface area (Å²) in [5.74, 6) is 7.09. The van der Waals surface area contributed by atoms with E-state index in [4.69, 9.17) is 9.47 Å². The molecule has 1 aromatic carbocycles. The van der Waals surface area contributed by atoms with Crippen molar-refractivity contribution in [1.29, 1.82) is 0 Å². The van der Waals surface area contributed by atoms with Gasteiger partial charge in [-0.2, -0.15) is 0 Å². The maximum absolute atomic E-state index is 7.29. The molecule has 2 unspecified atom stereocenters. The molecule has 8 saturated carbocycles. The van der Waals surface area contributed by atoms with Crippen LogP contribution in [0, 0.1) is 35.5 Å². The largest absolute Gasteiger partial charge is 0.487 e. The van der Waals surface area contributed by atoms with Crippen LogP contribution in [0.25, 0.3) is 0 Å². The first-order chi connectivity index (χ1) is 17.2. The van der Waals surface area contributed by atoms with Gasteiger partial charge in [-0.05, 0) is 136 Å². The van der Waals surface area contributed by atoms with Gasteiger partial charge >= 0.3 is 0 Å². The molecule has 2 heteroatoms. The summed E-state index contributed by atoms with van der Waals surface area (Å²) in [5, 5.41) is 0. The van der Waals surface area contributed by atoms with Crippen LogP contribution in [0.4, 0.5) is 0 Å². The number of hydrogen-bond acceptors (Lipinski definition) is 2. The Hall–Kier alpha value is -1.02. The van der Waals surface area contributed by atoms with Gasteiger partial charge in [0.05, 0.1) is 6.61 Å². The smallest absolute Gasteiger partial charge is 0.127 e. The summed E-state index contributed by atoms with van der Waals surface area (Å²) in [4.78, 5) is 0. The maximum Gasteiger partial charge on any atom is 0.127 e. The summed E-state index contributed by atoms with van der Waals surface area (Å²) in [5.41, 5.74) is 5.76. The highest BCUT2D eigenvalue weighted by Crippen LogP contribution is 2.66. The van der Waals surface area contributed by atoms with E-state index in [-0.39, 0.29) is 17.6 Å². The quantitative estimate of drug-likeness (QED) is 0.391. The zero-order valence-electron chi connectivity index (χ0n) is 23.3. The van der Waals surface area contributed by atoms with Crippen molar-refractivity contribution in [3.05, 3.63) is 28.8 Å². The molecule has 36 heavy (non-hydrogen) atoms. The first kappa shape index (κ1) is 22.9. The molecule has 1 aromatic rings. The van der Waals surface area contributed by atoms with Crippen molar-refractivity contribution in [2.24, 2.45) is 35.5 Å². The molecule has 0 amide bonds. The zero-order chi connectivity index (χ0) is 24.4. The third kappa shape index (κ3) is 3.44. The van der Waals surface area contributed by atoms with Crippen LogP contribution in [0.3, 0.4) is 0 Å². The predicted octanol–water partition coefficient (Wildman–Crippen LogP) is 8.09. The molecule has 1 aliphatic heterocycles. The molecule has 0 radical (unpaired) electrons. The van der Waals surface area contributed by atoms with E-state index < -0.39 is 0 Å². The van der Waals surface area contributed by atoms with E-state index in [9.17, 15) is 0 Å². The van der Waals surface area contributed by atoms with Gasteiger partial charge in [0.1, 0.15) is 18.0 Å². The number of benzene rings is 1. The van der Waals surface area contributed by atoms with E-state index in [2.05, 4.69) is 39.8 Å². The summed E-state index contributed by atoms with van der Waals surface area (Å²) in [6.45, 7) is 10.5. The molecule has 8 bridgehead atoms.